The van der Waals surface area contributed by atoms with E-state index >= 15 is 0 Å². The van der Waals surface area contributed by atoms with Gasteiger partial charge in [0.15, 0.2) is 32.2 Å². The Morgan fingerprint density at radius 3 is 1.25 bits per heavy atom. The van der Waals surface area contributed by atoms with Gasteiger partial charge in [-0.3, -0.25) is 20.2 Å². The highest BCUT2D eigenvalue weighted by Crippen LogP contribution is 2.43. The standard InChI is InChI=1S/C17H11F3N6OS2.C14H20BN3O2S.C12H24B2O4.C9H3BrF3N3OS.C8H8BrN3S/c1-2-11-8(7-26(25-11)17-21-5-6-28-17)15-23-24-16(29-15)22-14(27)12-9(18)3-4-10(19)13(12)20;1-6-11-10(9-18(17-11)12-16-7-8-21-12)15-19-13(2,3)14(4,5)20-15;1-9(2)10(3,4)16-13(15-9)14-17-11(5,6)12(7,8)18-14;10-8-15-16-9(18-8)14-7(17)5-3(11)1-2-4(12)6(5)13;1-2-7-6(9)5-12(11-7)8-10-3-4-13-8/h3-7H,2H2,1H3,(H,22,24,27);7-9H,6H2,1-5H3;1-8H3;1-2H,(H,14,16,17);3-5H,2H2,1H3. The number of carbonyl (C=O) groups is 2. The van der Waals surface area contributed by atoms with Gasteiger partial charge in [-0.15, -0.1) is 54.4 Å². The lowest BCUT2D eigenvalue weighted by Crippen LogP contribution is -2.41. The number of aromatic nitrogens is 13. The number of nitrogens with one attached hydrogen (secondary N) is 2. The van der Waals surface area contributed by atoms with Crippen LogP contribution in [0.25, 0.3) is 26.0 Å². The summed E-state index contributed by atoms with van der Waals surface area (Å²) in [6.07, 6.45) is 13.3. The zero-order valence-electron chi connectivity index (χ0n) is 56.0. The summed E-state index contributed by atoms with van der Waals surface area (Å²) in [6.45, 7) is 30.5. The molecule has 0 aliphatic carbocycles. The molecule has 0 spiro atoms. The number of nitrogens with zero attached hydrogens (tertiary/aromatic N) is 13. The summed E-state index contributed by atoms with van der Waals surface area (Å²) in [5.41, 5.74) is 0.350. The van der Waals surface area contributed by atoms with Gasteiger partial charge < -0.3 is 27.9 Å². The van der Waals surface area contributed by atoms with Crippen LogP contribution in [0.4, 0.5) is 36.6 Å². The van der Waals surface area contributed by atoms with Gasteiger partial charge in [0.1, 0.15) is 22.8 Å². The minimum absolute atomic E-state index is 0.0112. The summed E-state index contributed by atoms with van der Waals surface area (Å²) >= 11 is 13.0. The molecule has 524 valence electrons. The van der Waals surface area contributed by atoms with Crippen LogP contribution >= 0.6 is 88.5 Å². The molecule has 3 aliphatic rings. The van der Waals surface area contributed by atoms with Crippen molar-refractivity contribution in [1.29, 1.82) is 0 Å². The fourth-order valence-electron chi connectivity index (χ4n) is 9.05. The van der Waals surface area contributed by atoms with Crippen molar-refractivity contribution in [3.8, 4) is 26.0 Å². The van der Waals surface area contributed by atoms with Gasteiger partial charge in [0.25, 0.3) is 11.8 Å². The SMILES string of the molecule is CC1(C)OB(B2OC(C)(C)C(C)(C)O2)OC1(C)C.CCc1nn(-c2nccs2)cc1-c1nnc(NC(=O)c2c(F)ccc(F)c2F)s1.CCc1nn(-c2nccs2)cc1B1OC(C)(C)C(C)(C)O1.CCc1nn(-c2nccs2)cc1Br.O=C(Nc1nnc(Br)s1)c1c(F)ccc(F)c1F. The van der Waals surface area contributed by atoms with Gasteiger partial charge >= 0.3 is 21.1 Å². The molecule has 11 heterocycles. The van der Waals surface area contributed by atoms with Crippen LogP contribution in [-0.4, -0.2) is 131 Å². The Labute approximate surface area is 603 Å². The average molecular weight is 1590 g/mol. The number of anilines is 2. The molecule has 39 heteroatoms. The first-order valence-electron chi connectivity index (χ1n) is 30.4. The third-order valence-electron chi connectivity index (χ3n) is 16.5. The minimum Gasteiger partial charge on any atom is -0.405 e. The van der Waals surface area contributed by atoms with E-state index in [9.17, 15) is 35.9 Å². The highest BCUT2D eigenvalue weighted by atomic mass is 79.9. The topological polar surface area (TPSA) is 257 Å². The number of halogens is 8. The smallest absolute Gasteiger partial charge is 0.405 e. The first-order valence-corrected chi connectivity index (χ1v) is 36.3. The second kappa shape index (κ2) is 31.0. The average Bonchev–Trinajstić information content (AvgIpc) is 1.61. The summed E-state index contributed by atoms with van der Waals surface area (Å²) in [7, 11) is -1.33. The lowest BCUT2D eigenvalue weighted by molar-refractivity contribution is 0.00578. The van der Waals surface area contributed by atoms with E-state index in [0.29, 0.717) is 50.3 Å². The van der Waals surface area contributed by atoms with Crippen molar-refractivity contribution in [2.45, 2.75) is 157 Å². The number of aryl methyl sites for hydroxylation is 3. The molecule has 0 saturated carbocycles. The van der Waals surface area contributed by atoms with Crippen LogP contribution in [0.3, 0.4) is 0 Å². The lowest BCUT2D eigenvalue weighted by Gasteiger charge is -2.32. The molecule has 8 aromatic heterocycles. The minimum atomic E-state index is -1.56. The van der Waals surface area contributed by atoms with Crippen LogP contribution in [0.1, 0.15) is 142 Å². The Hall–Kier alpha value is -6.49. The van der Waals surface area contributed by atoms with Gasteiger partial charge in [-0.05, 0) is 158 Å². The van der Waals surface area contributed by atoms with Crippen molar-refractivity contribution in [1.82, 2.24) is 64.7 Å². The van der Waals surface area contributed by atoms with Gasteiger partial charge in [0.05, 0.1) is 60.7 Å². The van der Waals surface area contributed by atoms with Crippen LogP contribution in [0.15, 0.2) is 86.0 Å². The summed E-state index contributed by atoms with van der Waals surface area (Å²) < 4.78 is 123. The maximum Gasteiger partial charge on any atom is 0.498 e. The van der Waals surface area contributed by atoms with E-state index in [1.54, 1.807) is 56.8 Å². The molecule has 2 N–H and O–H groups in total. The summed E-state index contributed by atoms with van der Waals surface area (Å²) in [6, 6.07) is 2.56. The third-order valence-corrected chi connectivity index (χ3v) is 21.6. The first-order chi connectivity index (χ1) is 46.5. The maximum atomic E-state index is 13.8. The van der Waals surface area contributed by atoms with Gasteiger partial charge in [0.2, 0.25) is 25.7 Å². The van der Waals surface area contributed by atoms with Gasteiger partial charge in [-0.1, -0.05) is 43.4 Å². The molecule has 0 bridgehead atoms. The number of benzene rings is 2. The number of rotatable bonds is 13. The quantitative estimate of drug-likeness (QED) is 0.0618. The van der Waals surface area contributed by atoms with Crippen LogP contribution < -0.4 is 16.1 Å². The van der Waals surface area contributed by atoms with E-state index in [1.165, 1.54) is 11.3 Å². The second-order valence-corrected chi connectivity index (χ2v) is 31.4. The Bertz CT molecular complexity index is 4360. The van der Waals surface area contributed by atoms with E-state index in [0.717, 1.165) is 72.8 Å². The van der Waals surface area contributed by atoms with E-state index in [-0.39, 0.29) is 51.0 Å². The second-order valence-electron chi connectivity index (χ2n) is 24.7. The number of hydrogen-bond donors (Lipinski definition) is 2. The van der Waals surface area contributed by atoms with Crippen LogP contribution in [0, 0.1) is 34.9 Å². The Kier molecular flexibility index (Phi) is 24.0. The van der Waals surface area contributed by atoms with Crippen molar-refractivity contribution in [3.63, 3.8) is 0 Å². The molecule has 0 radical (unpaired) electrons. The van der Waals surface area contributed by atoms with Crippen molar-refractivity contribution in [3.05, 3.63) is 149 Å². The van der Waals surface area contributed by atoms with Crippen LogP contribution in [-0.2, 0) is 47.2 Å². The fourth-order valence-corrected chi connectivity index (χ4v) is 13.1. The van der Waals surface area contributed by atoms with E-state index in [2.05, 4.69) is 135 Å². The van der Waals surface area contributed by atoms with Gasteiger partial charge in [-0.25, -0.2) is 55.3 Å². The predicted molar refractivity (Wildman–Crippen MR) is 376 cm³/mol. The molecule has 13 rings (SSSR count). The molecular formula is C60H66B3Br2F6N15O8S5. The Morgan fingerprint density at radius 2 is 0.859 bits per heavy atom. The summed E-state index contributed by atoms with van der Waals surface area (Å²) in [5.74, 6) is -10.4. The van der Waals surface area contributed by atoms with Gasteiger partial charge in [0, 0.05) is 58.8 Å². The molecule has 3 aliphatic heterocycles. The highest BCUT2D eigenvalue weighted by Gasteiger charge is 2.64. The van der Waals surface area contributed by atoms with E-state index in [1.807, 2.05) is 95.5 Å². The lowest BCUT2D eigenvalue weighted by atomic mass is 9.49. The number of amides is 2. The monoisotopic (exact) mass is 1590 g/mol. The van der Waals surface area contributed by atoms with E-state index in [4.69, 9.17) is 27.9 Å². The van der Waals surface area contributed by atoms with Crippen molar-refractivity contribution in [2.75, 3.05) is 10.6 Å². The maximum absolute atomic E-state index is 13.8. The third kappa shape index (κ3) is 17.4. The van der Waals surface area contributed by atoms with Crippen molar-refractivity contribution >= 4 is 137 Å². The molecule has 10 aromatic rings. The van der Waals surface area contributed by atoms with Crippen LogP contribution in [0.2, 0.25) is 0 Å². The normalized spacial score (nSPS) is 16.6. The summed E-state index contributed by atoms with van der Waals surface area (Å²) in [4.78, 5) is 36.4. The summed E-state index contributed by atoms with van der Waals surface area (Å²) in [5, 5.41) is 41.4. The van der Waals surface area contributed by atoms with Crippen LogP contribution in [0.5, 0.6) is 0 Å². The molecule has 3 saturated heterocycles. The van der Waals surface area contributed by atoms with Crippen molar-refractivity contribution < 1.29 is 63.9 Å². The van der Waals surface area contributed by atoms with Gasteiger partial charge in [-0.2, -0.15) is 15.3 Å². The molecule has 0 unspecified atom stereocenters. The highest BCUT2D eigenvalue weighted by molar-refractivity contribution is 9.11. The molecule has 2 amide bonds. The molecule has 3 fully saturated rings. The molecule has 99 heavy (non-hydrogen) atoms. The number of carbonyl (C=O) groups excluding carboxylic acids is 2. The van der Waals surface area contributed by atoms with Crippen molar-refractivity contribution in [2.24, 2.45) is 0 Å². The van der Waals surface area contributed by atoms with E-state index < -0.39 is 71.9 Å². The molecule has 2 aromatic carbocycles. The molecule has 23 nitrogen and oxygen atoms in total. The fraction of sp³-hybridized carbons (Fsp3) is 0.400. The zero-order valence-corrected chi connectivity index (χ0v) is 63.3. The molecular weight excluding hydrogens is 1530 g/mol. The number of thiazole rings is 3. The first kappa shape index (κ1) is 76.7. The Balaban J connectivity index is 0.000000148. The Morgan fingerprint density at radius 1 is 0.485 bits per heavy atom. The molecule has 0 atom stereocenters. The number of hydrogen-bond acceptors (Lipinski definition) is 23. The zero-order chi connectivity index (χ0) is 72.3. The largest absolute Gasteiger partial charge is 0.498 e. The predicted octanol–water partition coefficient (Wildman–Crippen LogP) is 14.1.